The number of rotatable bonds is 4. The third-order valence-corrected chi connectivity index (χ3v) is 5.35. The second kappa shape index (κ2) is 7.79. The number of nitrogens with zero attached hydrogens (tertiary/aromatic N) is 5. The summed E-state index contributed by atoms with van der Waals surface area (Å²) in [6.07, 6.45) is 5.31. The van der Waals surface area contributed by atoms with E-state index in [0.29, 0.717) is 11.7 Å². The predicted octanol–water partition coefficient (Wildman–Crippen LogP) is 3.16. The van der Waals surface area contributed by atoms with Gasteiger partial charge in [-0.1, -0.05) is 0 Å². The minimum absolute atomic E-state index is 0.00635. The van der Waals surface area contributed by atoms with Crippen LogP contribution in [0.5, 0.6) is 0 Å². The minimum Gasteiger partial charge on any atom is -0.354 e. The van der Waals surface area contributed by atoms with Crippen molar-refractivity contribution in [2.24, 2.45) is 5.92 Å². The van der Waals surface area contributed by atoms with Crippen molar-refractivity contribution in [2.75, 3.05) is 23.3 Å². The molecule has 1 unspecified atom stereocenters. The van der Waals surface area contributed by atoms with Gasteiger partial charge < -0.3 is 10.2 Å². The maximum atomic E-state index is 12.7. The number of carbonyl (C=O) groups is 1. The quantitative estimate of drug-likeness (QED) is 0.748. The molecule has 0 aliphatic carbocycles. The van der Waals surface area contributed by atoms with Crippen LogP contribution in [0.1, 0.15) is 18.5 Å². The predicted molar refractivity (Wildman–Crippen MR) is 106 cm³/mol. The van der Waals surface area contributed by atoms with Gasteiger partial charge in [0.25, 0.3) is 0 Å². The van der Waals surface area contributed by atoms with Crippen LogP contribution in [0.2, 0.25) is 0 Å². The lowest BCUT2D eigenvalue weighted by atomic mass is 9.97. The average molecular weight is 380 g/mol. The molecule has 8 heteroatoms. The van der Waals surface area contributed by atoms with E-state index in [4.69, 9.17) is 0 Å². The molecule has 4 heterocycles. The third-order valence-electron chi connectivity index (χ3n) is 4.59. The lowest BCUT2D eigenvalue weighted by molar-refractivity contribution is -0.120. The number of amides is 1. The van der Waals surface area contributed by atoms with Crippen LogP contribution in [0, 0.1) is 12.8 Å². The highest BCUT2D eigenvalue weighted by Crippen LogP contribution is 2.26. The summed E-state index contributed by atoms with van der Waals surface area (Å²) >= 11 is 1.43. The molecule has 7 nitrogen and oxygen atoms in total. The number of nitrogens with one attached hydrogen (secondary N) is 1. The highest BCUT2D eigenvalue weighted by Gasteiger charge is 2.27. The molecule has 3 aromatic rings. The molecule has 1 saturated heterocycles. The topological polar surface area (TPSA) is 83.9 Å². The fourth-order valence-corrected chi connectivity index (χ4v) is 3.87. The number of thiazole rings is 1. The smallest absolute Gasteiger partial charge is 0.231 e. The van der Waals surface area contributed by atoms with Gasteiger partial charge in [0.05, 0.1) is 17.3 Å². The lowest BCUT2D eigenvalue weighted by Gasteiger charge is -2.32. The summed E-state index contributed by atoms with van der Waals surface area (Å²) in [7, 11) is 0. The highest BCUT2D eigenvalue weighted by molar-refractivity contribution is 7.14. The zero-order valence-corrected chi connectivity index (χ0v) is 15.8. The molecule has 0 bridgehead atoms. The minimum atomic E-state index is -0.0902. The number of hydrogen-bond donors (Lipinski definition) is 1. The Labute approximate surface area is 161 Å². The Morgan fingerprint density at radius 1 is 1.30 bits per heavy atom. The van der Waals surface area contributed by atoms with Crippen molar-refractivity contribution in [3.05, 3.63) is 47.7 Å². The van der Waals surface area contributed by atoms with Gasteiger partial charge >= 0.3 is 0 Å². The molecule has 0 aromatic carbocycles. The first-order valence-electron chi connectivity index (χ1n) is 8.91. The van der Waals surface area contributed by atoms with E-state index in [-0.39, 0.29) is 11.8 Å². The SMILES string of the molecule is Cc1ccc(N2CCCC(C(=O)Nc3nc(-c4cccnc4)cs3)C2)nn1. The van der Waals surface area contributed by atoms with Gasteiger partial charge in [-0.05, 0) is 44.0 Å². The first-order chi connectivity index (χ1) is 13.2. The molecule has 138 valence electrons. The summed E-state index contributed by atoms with van der Waals surface area (Å²) in [5.41, 5.74) is 2.65. The fourth-order valence-electron chi connectivity index (χ4n) is 3.15. The zero-order chi connectivity index (χ0) is 18.6. The molecule has 1 atom stereocenters. The van der Waals surface area contributed by atoms with Gasteiger partial charge in [0.2, 0.25) is 5.91 Å². The Morgan fingerprint density at radius 3 is 3.00 bits per heavy atom. The van der Waals surface area contributed by atoms with E-state index in [1.165, 1.54) is 11.3 Å². The molecular weight excluding hydrogens is 360 g/mol. The van der Waals surface area contributed by atoms with Gasteiger partial charge in [-0.15, -0.1) is 16.4 Å². The number of aryl methyl sites for hydroxylation is 1. The molecule has 4 rings (SSSR count). The third kappa shape index (κ3) is 4.11. The van der Waals surface area contributed by atoms with Crippen LogP contribution in [0.3, 0.4) is 0 Å². The molecule has 1 amide bonds. The Kier molecular flexibility index (Phi) is 5.06. The Morgan fingerprint density at radius 2 is 2.22 bits per heavy atom. The monoisotopic (exact) mass is 380 g/mol. The van der Waals surface area contributed by atoms with E-state index in [1.54, 1.807) is 12.4 Å². The molecule has 27 heavy (non-hydrogen) atoms. The van der Waals surface area contributed by atoms with Crippen molar-refractivity contribution in [1.82, 2.24) is 20.2 Å². The number of aromatic nitrogens is 4. The molecular formula is C19H20N6OS. The summed E-state index contributed by atoms with van der Waals surface area (Å²) in [5, 5.41) is 13.9. The van der Waals surface area contributed by atoms with Crippen LogP contribution in [-0.2, 0) is 4.79 Å². The van der Waals surface area contributed by atoms with Crippen molar-refractivity contribution >= 4 is 28.2 Å². The summed E-state index contributed by atoms with van der Waals surface area (Å²) in [6, 6.07) is 7.73. The van der Waals surface area contributed by atoms with Gasteiger partial charge in [0.15, 0.2) is 10.9 Å². The van der Waals surface area contributed by atoms with Gasteiger partial charge in [-0.2, -0.15) is 5.10 Å². The van der Waals surface area contributed by atoms with Crippen molar-refractivity contribution in [3.63, 3.8) is 0 Å². The molecule has 1 fully saturated rings. The van der Waals surface area contributed by atoms with Gasteiger partial charge in [-0.3, -0.25) is 9.78 Å². The Bertz CT molecular complexity index is 911. The van der Waals surface area contributed by atoms with E-state index < -0.39 is 0 Å². The summed E-state index contributed by atoms with van der Waals surface area (Å²) in [4.78, 5) is 23.5. The molecule has 1 aliphatic heterocycles. The van der Waals surface area contributed by atoms with Crippen molar-refractivity contribution in [3.8, 4) is 11.3 Å². The highest BCUT2D eigenvalue weighted by atomic mass is 32.1. The van der Waals surface area contributed by atoms with Gasteiger partial charge in [-0.25, -0.2) is 4.98 Å². The second-order valence-electron chi connectivity index (χ2n) is 6.59. The number of piperidine rings is 1. The maximum absolute atomic E-state index is 12.7. The van der Waals surface area contributed by atoms with Crippen molar-refractivity contribution in [2.45, 2.75) is 19.8 Å². The molecule has 0 saturated carbocycles. The van der Waals surface area contributed by atoms with Crippen LogP contribution < -0.4 is 10.2 Å². The summed E-state index contributed by atoms with van der Waals surface area (Å²) < 4.78 is 0. The number of carbonyl (C=O) groups excluding carboxylic acids is 1. The average Bonchev–Trinajstić information content (AvgIpc) is 3.18. The van der Waals surface area contributed by atoms with E-state index in [2.05, 4.69) is 30.4 Å². The number of hydrogen-bond acceptors (Lipinski definition) is 7. The summed E-state index contributed by atoms with van der Waals surface area (Å²) in [5.74, 6) is 0.741. The first kappa shape index (κ1) is 17.5. The number of pyridine rings is 1. The van der Waals surface area contributed by atoms with Crippen molar-refractivity contribution in [1.29, 1.82) is 0 Å². The van der Waals surface area contributed by atoms with Crippen LogP contribution in [0.4, 0.5) is 10.9 Å². The number of anilines is 2. The van der Waals surface area contributed by atoms with E-state index >= 15 is 0 Å². The lowest BCUT2D eigenvalue weighted by Crippen LogP contribution is -2.41. The normalized spacial score (nSPS) is 16.9. The van der Waals surface area contributed by atoms with Crippen LogP contribution >= 0.6 is 11.3 Å². The Hall–Kier alpha value is -2.87. The molecule has 1 N–H and O–H groups in total. The van der Waals surface area contributed by atoms with E-state index in [1.807, 2.05) is 36.6 Å². The van der Waals surface area contributed by atoms with E-state index in [9.17, 15) is 4.79 Å². The standard InChI is InChI=1S/C19H20N6OS/c1-13-6-7-17(24-23-13)25-9-3-5-15(11-25)18(26)22-19-21-16(12-27-19)14-4-2-8-20-10-14/h2,4,6-8,10,12,15H,3,5,9,11H2,1H3,(H,21,22,26). The fraction of sp³-hybridized carbons (Fsp3) is 0.316. The van der Waals surface area contributed by atoms with Gasteiger partial charge in [0.1, 0.15) is 0 Å². The molecule has 3 aromatic heterocycles. The molecule has 0 spiro atoms. The largest absolute Gasteiger partial charge is 0.354 e. The first-order valence-corrected chi connectivity index (χ1v) is 9.79. The van der Waals surface area contributed by atoms with Crippen molar-refractivity contribution < 1.29 is 4.79 Å². The van der Waals surface area contributed by atoms with Gasteiger partial charge in [0, 0.05) is 36.4 Å². The van der Waals surface area contributed by atoms with Crippen LogP contribution in [-0.4, -0.2) is 39.2 Å². The summed E-state index contributed by atoms with van der Waals surface area (Å²) in [6.45, 7) is 3.45. The Balaban J connectivity index is 1.41. The zero-order valence-electron chi connectivity index (χ0n) is 15.0. The van der Waals surface area contributed by atoms with E-state index in [0.717, 1.165) is 42.2 Å². The molecule has 0 radical (unpaired) electrons. The second-order valence-corrected chi connectivity index (χ2v) is 7.45. The maximum Gasteiger partial charge on any atom is 0.231 e. The molecule has 1 aliphatic rings. The van der Waals surface area contributed by atoms with Crippen LogP contribution in [0.15, 0.2) is 42.0 Å². The van der Waals surface area contributed by atoms with Crippen LogP contribution in [0.25, 0.3) is 11.3 Å².